The van der Waals surface area contributed by atoms with Crippen LogP contribution in [0.25, 0.3) is 0 Å². The summed E-state index contributed by atoms with van der Waals surface area (Å²) in [4.78, 5) is 16.5. The van der Waals surface area contributed by atoms with Crippen molar-refractivity contribution < 1.29 is 9.53 Å². The second-order valence-corrected chi connectivity index (χ2v) is 6.18. The van der Waals surface area contributed by atoms with Crippen LogP contribution in [0.1, 0.15) is 10.4 Å². The number of amides is 1. The minimum absolute atomic E-state index is 0.245. The zero-order valence-electron chi connectivity index (χ0n) is 13.8. The predicted octanol–water partition coefficient (Wildman–Crippen LogP) is 5.39. The minimum Gasteiger partial charge on any atom is -0.497 e. The zero-order valence-corrected chi connectivity index (χ0v) is 15.3. The Hall–Kier alpha value is -2.76. The summed E-state index contributed by atoms with van der Waals surface area (Å²) in [6.45, 7) is 0. The maximum Gasteiger partial charge on any atom is 0.256 e. The fourth-order valence-electron chi connectivity index (χ4n) is 2.21. The Bertz CT molecular complexity index is 913. The van der Waals surface area contributed by atoms with Crippen molar-refractivity contribution >= 4 is 46.3 Å². The minimum atomic E-state index is -0.245. The molecule has 7 heteroatoms. The number of benzene rings is 2. The third-order valence-corrected chi connectivity index (χ3v) is 4.30. The van der Waals surface area contributed by atoms with E-state index in [1.807, 2.05) is 6.07 Å². The van der Waals surface area contributed by atoms with Crippen LogP contribution in [0.2, 0.25) is 10.0 Å². The molecule has 1 aromatic heterocycles. The number of methoxy groups -OCH3 is 1. The number of rotatable bonds is 5. The summed E-state index contributed by atoms with van der Waals surface area (Å²) in [6.07, 6.45) is 1.62. The Balaban J connectivity index is 1.65. The highest BCUT2D eigenvalue weighted by molar-refractivity contribution is 6.42. The van der Waals surface area contributed by atoms with Gasteiger partial charge in [-0.3, -0.25) is 4.79 Å². The summed E-state index contributed by atoms with van der Waals surface area (Å²) in [7, 11) is 1.58. The van der Waals surface area contributed by atoms with E-state index in [1.165, 1.54) is 0 Å². The van der Waals surface area contributed by atoms with Crippen molar-refractivity contribution in [2.75, 3.05) is 17.7 Å². The summed E-state index contributed by atoms with van der Waals surface area (Å²) in [5.74, 6) is 0.897. The summed E-state index contributed by atoms with van der Waals surface area (Å²) >= 11 is 11.9. The van der Waals surface area contributed by atoms with E-state index in [1.54, 1.807) is 61.8 Å². The van der Waals surface area contributed by atoms with Gasteiger partial charge in [-0.05, 0) is 54.6 Å². The van der Waals surface area contributed by atoms with Gasteiger partial charge in [0.05, 0.1) is 29.0 Å². The van der Waals surface area contributed by atoms with E-state index in [0.29, 0.717) is 27.2 Å². The predicted molar refractivity (Wildman–Crippen MR) is 105 cm³/mol. The van der Waals surface area contributed by atoms with E-state index in [0.717, 1.165) is 11.4 Å². The maximum absolute atomic E-state index is 12.2. The molecule has 26 heavy (non-hydrogen) atoms. The fraction of sp³-hybridized carbons (Fsp3) is 0.0526. The molecular weight excluding hydrogens is 373 g/mol. The van der Waals surface area contributed by atoms with Gasteiger partial charge in [0.1, 0.15) is 11.6 Å². The molecule has 0 atom stereocenters. The molecule has 2 N–H and O–H groups in total. The fourth-order valence-corrected chi connectivity index (χ4v) is 2.51. The van der Waals surface area contributed by atoms with Gasteiger partial charge in [0.15, 0.2) is 0 Å². The molecule has 0 saturated carbocycles. The number of aromatic nitrogens is 1. The molecule has 2 aromatic carbocycles. The van der Waals surface area contributed by atoms with Crippen molar-refractivity contribution in [2.45, 2.75) is 0 Å². The quantitative estimate of drug-likeness (QED) is 0.615. The van der Waals surface area contributed by atoms with Crippen molar-refractivity contribution in [2.24, 2.45) is 0 Å². The molecule has 0 unspecified atom stereocenters. The number of hydrogen-bond acceptors (Lipinski definition) is 4. The Morgan fingerprint density at radius 3 is 2.31 bits per heavy atom. The average molecular weight is 388 g/mol. The Morgan fingerprint density at radius 1 is 0.962 bits per heavy atom. The average Bonchev–Trinajstić information content (AvgIpc) is 2.66. The molecule has 132 valence electrons. The van der Waals surface area contributed by atoms with Gasteiger partial charge in [-0.25, -0.2) is 4.98 Å². The normalized spacial score (nSPS) is 10.3. The number of nitrogens with one attached hydrogen (secondary N) is 2. The molecule has 0 aliphatic carbocycles. The highest BCUT2D eigenvalue weighted by atomic mass is 35.5. The van der Waals surface area contributed by atoms with Crippen molar-refractivity contribution in [3.05, 3.63) is 76.4 Å². The van der Waals surface area contributed by atoms with Crippen molar-refractivity contribution in [3.63, 3.8) is 0 Å². The summed E-state index contributed by atoms with van der Waals surface area (Å²) in [6, 6.07) is 15.6. The second-order valence-electron chi connectivity index (χ2n) is 5.37. The number of anilines is 3. The van der Waals surface area contributed by atoms with Gasteiger partial charge in [0, 0.05) is 11.3 Å². The molecule has 1 heterocycles. The molecule has 3 rings (SSSR count). The van der Waals surface area contributed by atoms with Gasteiger partial charge in [-0.2, -0.15) is 0 Å². The van der Waals surface area contributed by atoms with Gasteiger partial charge < -0.3 is 15.4 Å². The Morgan fingerprint density at radius 2 is 1.69 bits per heavy atom. The number of ether oxygens (including phenoxy) is 1. The topological polar surface area (TPSA) is 63.2 Å². The van der Waals surface area contributed by atoms with Gasteiger partial charge in [0.2, 0.25) is 0 Å². The highest BCUT2D eigenvalue weighted by Gasteiger charge is 2.07. The Labute approximate surface area is 160 Å². The molecule has 0 fully saturated rings. The van der Waals surface area contributed by atoms with Crippen LogP contribution in [0.15, 0.2) is 60.8 Å². The Kier molecular flexibility index (Phi) is 5.61. The first-order valence-corrected chi connectivity index (χ1v) is 8.44. The summed E-state index contributed by atoms with van der Waals surface area (Å²) in [5, 5.41) is 6.87. The largest absolute Gasteiger partial charge is 0.497 e. The number of halogens is 2. The lowest BCUT2D eigenvalue weighted by Crippen LogP contribution is -2.12. The van der Waals surface area contributed by atoms with Crippen LogP contribution in [0.5, 0.6) is 5.75 Å². The maximum atomic E-state index is 12.2. The van der Waals surface area contributed by atoms with E-state index >= 15 is 0 Å². The van der Waals surface area contributed by atoms with Crippen LogP contribution in [0.4, 0.5) is 17.2 Å². The van der Waals surface area contributed by atoms with Crippen LogP contribution >= 0.6 is 23.2 Å². The number of carbonyl (C=O) groups excluding carboxylic acids is 1. The number of nitrogens with zero attached hydrogens (tertiary/aromatic N) is 1. The first-order chi connectivity index (χ1) is 12.5. The van der Waals surface area contributed by atoms with Crippen LogP contribution in [-0.4, -0.2) is 18.0 Å². The van der Waals surface area contributed by atoms with E-state index in [-0.39, 0.29) is 5.91 Å². The lowest BCUT2D eigenvalue weighted by Gasteiger charge is -2.09. The molecule has 0 bridgehead atoms. The van der Waals surface area contributed by atoms with E-state index in [4.69, 9.17) is 27.9 Å². The van der Waals surface area contributed by atoms with Gasteiger partial charge >= 0.3 is 0 Å². The lowest BCUT2D eigenvalue weighted by atomic mass is 10.2. The number of hydrogen-bond donors (Lipinski definition) is 2. The number of pyridine rings is 1. The van der Waals surface area contributed by atoms with E-state index in [9.17, 15) is 4.79 Å². The monoisotopic (exact) mass is 387 g/mol. The molecule has 1 amide bonds. The first-order valence-electron chi connectivity index (χ1n) is 7.69. The van der Waals surface area contributed by atoms with Gasteiger partial charge in [-0.1, -0.05) is 23.2 Å². The van der Waals surface area contributed by atoms with Gasteiger partial charge in [-0.15, -0.1) is 0 Å². The third kappa shape index (κ3) is 4.45. The van der Waals surface area contributed by atoms with Crippen LogP contribution in [0.3, 0.4) is 0 Å². The first kappa shape index (κ1) is 18.0. The van der Waals surface area contributed by atoms with Crippen molar-refractivity contribution in [1.82, 2.24) is 4.98 Å². The molecular formula is C19H15Cl2N3O2. The standard InChI is InChI=1S/C19H15Cl2N3O2/c1-26-15-6-2-12(3-7-15)19(25)24-18-9-5-14(11-22-18)23-13-4-8-16(20)17(21)10-13/h2-11,23H,1H3,(H,22,24,25). The van der Waals surface area contributed by atoms with Crippen LogP contribution in [-0.2, 0) is 0 Å². The number of carbonyl (C=O) groups is 1. The molecule has 0 spiro atoms. The molecule has 3 aromatic rings. The SMILES string of the molecule is COc1ccc(C(=O)Nc2ccc(Nc3ccc(Cl)c(Cl)c3)cn2)cc1. The molecule has 5 nitrogen and oxygen atoms in total. The molecule has 0 aliphatic heterocycles. The van der Waals surface area contributed by atoms with E-state index < -0.39 is 0 Å². The smallest absolute Gasteiger partial charge is 0.256 e. The van der Waals surface area contributed by atoms with E-state index in [2.05, 4.69) is 15.6 Å². The lowest BCUT2D eigenvalue weighted by molar-refractivity contribution is 0.102. The third-order valence-electron chi connectivity index (χ3n) is 3.57. The van der Waals surface area contributed by atoms with Gasteiger partial charge in [0.25, 0.3) is 5.91 Å². The molecule has 0 radical (unpaired) electrons. The van der Waals surface area contributed by atoms with Crippen LogP contribution < -0.4 is 15.4 Å². The molecule has 0 aliphatic rings. The van der Waals surface area contributed by atoms with Crippen molar-refractivity contribution in [3.8, 4) is 5.75 Å². The zero-order chi connectivity index (χ0) is 18.5. The van der Waals surface area contributed by atoms with Crippen LogP contribution in [0, 0.1) is 0 Å². The molecule has 0 saturated heterocycles. The van der Waals surface area contributed by atoms with Crippen molar-refractivity contribution in [1.29, 1.82) is 0 Å². The highest BCUT2D eigenvalue weighted by Crippen LogP contribution is 2.27. The second kappa shape index (κ2) is 8.08. The summed E-state index contributed by atoms with van der Waals surface area (Å²) in [5.41, 5.74) is 2.06. The summed E-state index contributed by atoms with van der Waals surface area (Å²) < 4.78 is 5.08.